The summed E-state index contributed by atoms with van der Waals surface area (Å²) in [7, 11) is -1.16. The van der Waals surface area contributed by atoms with E-state index in [0.717, 1.165) is 12.0 Å². The van der Waals surface area contributed by atoms with E-state index in [1.165, 1.54) is 26.4 Å². The maximum absolute atomic E-state index is 11.6. The largest absolute Gasteiger partial charge is 0.485 e. The average Bonchev–Trinajstić information content (AvgIpc) is 2.35. The molecule has 0 saturated heterocycles. The number of nitro benzene ring substituents is 1. The Kier molecular flexibility index (Phi) is 5.30. The van der Waals surface area contributed by atoms with Gasteiger partial charge in [0.15, 0.2) is 0 Å². The lowest BCUT2D eigenvalue weighted by molar-refractivity contribution is -0.385. The molecule has 0 aliphatic rings. The molecular formula is C9H12NO6PS. The van der Waals surface area contributed by atoms with Crippen LogP contribution in [0.3, 0.4) is 0 Å². The number of rotatable bonds is 6. The van der Waals surface area contributed by atoms with Crippen LogP contribution in [0.15, 0.2) is 23.1 Å². The SMILES string of the molecule is COP(=O)(OC)OSc1ccc([N+](=O)[O-])c(C)c1. The van der Waals surface area contributed by atoms with Gasteiger partial charge in [-0.2, -0.15) is 0 Å². The van der Waals surface area contributed by atoms with Gasteiger partial charge >= 0.3 is 7.82 Å². The molecule has 18 heavy (non-hydrogen) atoms. The van der Waals surface area contributed by atoms with Gasteiger partial charge in [-0.25, -0.2) is 8.54 Å². The molecule has 9 heteroatoms. The Morgan fingerprint density at radius 1 is 1.33 bits per heavy atom. The van der Waals surface area contributed by atoms with Gasteiger partial charge in [-0.15, -0.1) is 0 Å². The van der Waals surface area contributed by atoms with Crippen LogP contribution < -0.4 is 0 Å². The van der Waals surface area contributed by atoms with Crippen molar-refractivity contribution in [2.75, 3.05) is 14.2 Å². The van der Waals surface area contributed by atoms with Gasteiger partial charge in [-0.1, -0.05) is 0 Å². The summed E-state index contributed by atoms with van der Waals surface area (Å²) in [5, 5.41) is 10.6. The van der Waals surface area contributed by atoms with Crippen LogP contribution in [-0.4, -0.2) is 19.1 Å². The Morgan fingerprint density at radius 2 is 1.94 bits per heavy atom. The van der Waals surface area contributed by atoms with Crippen LogP contribution in [0.4, 0.5) is 5.69 Å². The number of hydrogen-bond acceptors (Lipinski definition) is 7. The standard InChI is InChI=1S/C9H12NO6PS/c1-7-6-8(4-5-9(7)10(11)12)18-16-17(13,14-2)15-3/h4-6H,1-3H3. The summed E-state index contributed by atoms with van der Waals surface area (Å²) in [5.74, 6) is 0. The maximum atomic E-state index is 11.6. The van der Waals surface area contributed by atoms with E-state index in [1.807, 2.05) is 0 Å². The quantitative estimate of drug-likeness (QED) is 0.344. The predicted molar refractivity (Wildman–Crippen MR) is 66.4 cm³/mol. The molecule has 0 atom stereocenters. The molecule has 0 spiro atoms. The highest BCUT2D eigenvalue weighted by molar-refractivity contribution is 7.98. The lowest BCUT2D eigenvalue weighted by atomic mass is 10.2. The fourth-order valence-electron chi connectivity index (χ4n) is 1.11. The number of nitrogens with zero attached hydrogens (tertiary/aromatic N) is 1. The molecule has 0 N–H and O–H groups in total. The third-order valence-electron chi connectivity index (χ3n) is 2.04. The van der Waals surface area contributed by atoms with Crippen molar-refractivity contribution in [3.8, 4) is 0 Å². The summed E-state index contributed by atoms with van der Waals surface area (Å²) in [6.07, 6.45) is 0. The van der Waals surface area contributed by atoms with Crippen molar-refractivity contribution in [1.29, 1.82) is 0 Å². The van der Waals surface area contributed by atoms with Crippen LogP contribution in [-0.2, 0) is 17.6 Å². The Balaban J connectivity index is 2.79. The van der Waals surface area contributed by atoms with Gasteiger partial charge in [0.2, 0.25) is 0 Å². The number of hydrogen-bond donors (Lipinski definition) is 0. The van der Waals surface area contributed by atoms with Crippen LogP contribution >= 0.6 is 19.9 Å². The second-order valence-electron chi connectivity index (χ2n) is 3.18. The summed E-state index contributed by atoms with van der Waals surface area (Å²) in [6, 6.07) is 4.40. The second kappa shape index (κ2) is 6.31. The van der Waals surface area contributed by atoms with Crippen molar-refractivity contribution in [2.45, 2.75) is 11.8 Å². The summed E-state index contributed by atoms with van der Waals surface area (Å²) >= 11 is 0.775. The van der Waals surface area contributed by atoms with Gasteiger partial charge < -0.3 is 0 Å². The Hall–Kier alpha value is -0.920. The van der Waals surface area contributed by atoms with Gasteiger partial charge in [0.1, 0.15) is 0 Å². The van der Waals surface area contributed by atoms with Crippen molar-refractivity contribution in [3.63, 3.8) is 0 Å². The Bertz CT molecular complexity index is 486. The average molecular weight is 293 g/mol. The second-order valence-corrected chi connectivity index (χ2v) is 6.03. The molecule has 0 bridgehead atoms. The molecule has 100 valence electrons. The van der Waals surface area contributed by atoms with E-state index in [4.69, 9.17) is 3.97 Å². The first-order valence-electron chi connectivity index (χ1n) is 4.74. The first kappa shape index (κ1) is 15.1. The highest BCUT2D eigenvalue weighted by Crippen LogP contribution is 2.52. The first-order valence-corrected chi connectivity index (χ1v) is 6.95. The van der Waals surface area contributed by atoms with Crippen molar-refractivity contribution >= 4 is 25.6 Å². The summed E-state index contributed by atoms with van der Waals surface area (Å²) < 4.78 is 25.7. The lowest BCUT2D eigenvalue weighted by Crippen LogP contribution is -1.92. The molecule has 0 aliphatic heterocycles. The van der Waals surface area contributed by atoms with E-state index in [-0.39, 0.29) is 5.69 Å². The molecule has 0 aliphatic carbocycles. The molecule has 1 aromatic rings. The van der Waals surface area contributed by atoms with Crippen LogP contribution in [0.2, 0.25) is 0 Å². The van der Waals surface area contributed by atoms with Gasteiger partial charge in [-0.05, 0) is 19.1 Å². The predicted octanol–water partition coefficient (Wildman–Crippen LogP) is 3.33. The van der Waals surface area contributed by atoms with E-state index in [2.05, 4.69) is 9.05 Å². The topological polar surface area (TPSA) is 87.9 Å². The fraction of sp³-hybridized carbons (Fsp3) is 0.333. The highest BCUT2D eigenvalue weighted by atomic mass is 32.2. The third-order valence-corrected chi connectivity index (χ3v) is 4.41. The molecule has 0 fully saturated rings. The smallest absolute Gasteiger partial charge is 0.290 e. The van der Waals surface area contributed by atoms with Gasteiger partial charge in [0, 0.05) is 42.8 Å². The monoisotopic (exact) mass is 293 g/mol. The van der Waals surface area contributed by atoms with E-state index in [1.54, 1.807) is 13.0 Å². The maximum Gasteiger partial charge on any atom is 0.485 e. The minimum absolute atomic E-state index is 0.0148. The van der Waals surface area contributed by atoms with E-state index >= 15 is 0 Å². The van der Waals surface area contributed by atoms with Crippen molar-refractivity contribution in [2.24, 2.45) is 0 Å². The molecular weight excluding hydrogens is 281 g/mol. The Morgan fingerprint density at radius 3 is 2.39 bits per heavy atom. The molecule has 0 unspecified atom stereocenters. The van der Waals surface area contributed by atoms with Gasteiger partial charge in [0.05, 0.1) is 4.92 Å². The normalized spacial score (nSPS) is 11.5. The zero-order valence-corrected chi connectivity index (χ0v) is 11.7. The zero-order chi connectivity index (χ0) is 13.8. The minimum Gasteiger partial charge on any atom is -0.290 e. The lowest BCUT2D eigenvalue weighted by Gasteiger charge is -2.11. The first-order chi connectivity index (χ1) is 8.41. The van der Waals surface area contributed by atoms with E-state index < -0.39 is 12.7 Å². The molecule has 1 rings (SSSR count). The van der Waals surface area contributed by atoms with Crippen LogP contribution in [0, 0.1) is 17.0 Å². The highest BCUT2D eigenvalue weighted by Gasteiger charge is 2.24. The minimum atomic E-state index is -3.56. The van der Waals surface area contributed by atoms with Crippen LogP contribution in [0.1, 0.15) is 5.56 Å². The molecule has 0 heterocycles. The van der Waals surface area contributed by atoms with E-state index in [0.29, 0.717) is 10.5 Å². The summed E-state index contributed by atoms with van der Waals surface area (Å²) in [5.41, 5.74) is 0.499. The van der Waals surface area contributed by atoms with Gasteiger partial charge in [-0.3, -0.25) is 19.2 Å². The molecule has 0 amide bonds. The Labute approximate surface area is 108 Å². The third kappa shape index (κ3) is 3.79. The number of phosphoric acid groups is 1. The van der Waals surface area contributed by atoms with Crippen LogP contribution in [0.25, 0.3) is 0 Å². The molecule has 1 aromatic carbocycles. The number of aryl methyl sites for hydroxylation is 1. The van der Waals surface area contributed by atoms with Crippen molar-refractivity contribution in [1.82, 2.24) is 0 Å². The number of benzene rings is 1. The molecule has 0 saturated carbocycles. The molecule has 0 radical (unpaired) electrons. The fourth-order valence-corrected chi connectivity index (χ4v) is 2.80. The van der Waals surface area contributed by atoms with Crippen LogP contribution in [0.5, 0.6) is 0 Å². The van der Waals surface area contributed by atoms with Crippen molar-refractivity contribution in [3.05, 3.63) is 33.9 Å². The van der Waals surface area contributed by atoms with Gasteiger partial charge in [0.25, 0.3) is 5.69 Å². The number of phosphoric ester groups is 1. The summed E-state index contributed by atoms with van der Waals surface area (Å²) in [6.45, 7) is 1.61. The van der Waals surface area contributed by atoms with Crippen molar-refractivity contribution < 1.29 is 22.5 Å². The number of nitro groups is 1. The van der Waals surface area contributed by atoms with E-state index in [9.17, 15) is 14.7 Å². The molecule has 0 aromatic heterocycles. The zero-order valence-electron chi connectivity index (χ0n) is 9.98. The summed E-state index contributed by atoms with van der Waals surface area (Å²) in [4.78, 5) is 10.7. The molecule has 7 nitrogen and oxygen atoms in total.